The molecule has 0 aromatic carbocycles. The third-order valence-corrected chi connectivity index (χ3v) is 5.88. The Hall–Kier alpha value is 0.500. The van der Waals surface area contributed by atoms with Gasteiger partial charge in [-0.1, -0.05) is 33.1 Å². The van der Waals surface area contributed by atoms with Gasteiger partial charge in [0.25, 0.3) is 0 Å². The molecule has 1 unspecified atom stereocenters. The van der Waals surface area contributed by atoms with Crippen molar-refractivity contribution in [1.82, 2.24) is 0 Å². The van der Waals surface area contributed by atoms with Gasteiger partial charge in [-0.25, -0.2) is 0 Å². The molecule has 0 N–H and O–H groups in total. The first kappa shape index (κ1) is 21.5. The van der Waals surface area contributed by atoms with Crippen LogP contribution in [-0.2, 0) is 9.47 Å². The van der Waals surface area contributed by atoms with E-state index in [4.69, 9.17) is 32.7 Å². The topological polar surface area (TPSA) is 18.5 Å². The molecule has 1 fully saturated rings. The number of ether oxygens (including phenoxy) is 2. The van der Waals surface area contributed by atoms with Crippen molar-refractivity contribution in [2.45, 2.75) is 76.5 Å². The number of hydrogen-bond acceptors (Lipinski definition) is 2. The van der Waals surface area contributed by atoms with Gasteiger partial charge in [0.2, 0.25) is 0 Å². The average molecular weight is 367 g/mol. The normalized spacial score (nSPS) is 20.0. The summed E-state index contributed by atoms with van der Waals surface area (Å²) in [5, 5.41) is 0. The molecule has 0 aromatic heterocycles. The third-order valence-electron chi connectivity index (χ3n) is 5.19. The van der Waals surface area contributed by atoms with E-state index in [2.05, 4.69) is 20.8 Å². The molecule has 2 nitrogen and oxygen atoms in total. The van der Waals surface area contributed by atoms with Gasteiger partial charge in [0.15, 0.2) is 0 Å². The molecule has 0 saturated heterocycles. The van der Waals surface area contributed by atoms with Crippen LogP contribution in [-0.4, -0.2) is 31.3 Å². The molecule has 1 saturated carbocycles. The fraction of sp³-hybridized carbons (Fsp3) is 1.00. The number of methoxy groups -OCH3 is 1. The summed E-state index contributed by atoms with van der Waals surface area (Å²) in [5.41, 5.74) is 0.0528. The standard InChI is InChI=1S/C19H36Cl2O2/c1-5-23-15-18(14-22-4,17-9-7-6-8-10-17)11-12-19(20,21)13-16(2)3/h16-17H,5-15H2,1-4H3. The van der Waals surface area contributed by atoms with Crippen LogP contribution in [0.2, 0.25) is 0 Å². The lowest BCUT2D eigenvalue weighted by Crippen LogP contribution is -2.42. The van der Waals surface area contributed by atoms with E-state index in [-0.39, 0.29) is 5.41 Å². The molecule has 1 rings (SSSR count). The van der Waals surface area contributed by atoms with E-state index in [0.717, 1.165) is 39.1 Å². The van der Waals surface area contributed by atoms with E-state index in [1.54, 1.807) is 7.11 Å². The summed E-state index contributed by atoms with van der Waals surface area (Å²) in [7, 11) is 1.80. The van der Waals surface area contributed by atoms with Crippen LogP contribution in [0, 0.1) is 17.3 Å². The van der Waals surface area contributed by atoms with E-state index in [1.807, 2.05) is 0 Å². The predicted molar refractivity (Wildman–Crippen MR) is 101 cm³/mol. The van der Waals surface area contributed by atoms with Crippen molar-refractivity contribution in [1.29, 1.82) is 0 Å². The van der Waals surface area contributed by atoms with Crippen LogP contribution in [0.3, 0.4) is 0 Å². The maximum absolute atomic E-state index is 6.59. The van der Waals surface area contributed by atoms with E-state index < -0.39 is 4.33 Å². The van der Waals surface area contributed by atoms with E-state index in [0.29, 0.717) is 11.8 Å². The quantitative estimate of drug-likeness (QED) is 0.403. The van der Waals surface area contributed by atoms with Crippen LogP contribution >= 0.6 is 23.2 Å². The van der Waals surface area contributed by atoms with Crippen molar-refractivity contribution in [3.8, 4) is 0 Å². The van der Waals surface area contributed by atoms with Gasteiger partial charge in [-0.15, -0.1) is 23.2 Å². The number of rotatable bonds is 11. The number of halogens is 2. The molecule has 138 valence electrons. The largest absolute Gasteiger partial charge is 0.384 e. The Morgan fingerprint density at radius 1 is 1.04 bits per heavy atom. The highest BCUT2D eigenvalue weighted by Crippen LogP contribution is 2.46. The zero-order valence-corrected chi connectivity index (χ0v) is 17.0. The lowest BCUT2D eigenvalue weighted by molar-refractivity contribution is -0.0580. The van der Waals surface area contributed by atoms with E-state index in [1.165, 1.54) is 32.1 Å². The second kappa shape index (κ2) is 10.5. The molecular weight excluding hydrogens is 331 g/mol. The Kier molecular flexibility index (Phi) is 9.82. The van der Waals surface area contributed by atoms with Gasteiger partial charge in [0.05, 0.1) is 13.2 Å². The Bertz CT molecular complexity index is 314. The van der Waals surface area contributed by atoms with Crippen molar-refractivity contribution in [3.63, 3.8) is 0 Å². The van der Waals surface area contributed by atoms with Crippen molar-refractivity contribution < 1.29 is 9.47 Å². The van der Waals surface area contributed by atoms with Gasteiger partial charge in [0.1, 0.15) is 4.33 Å². The molecule has 1 aliphatic carbocycles. The van der Waals surface area contributed by atoms with E-state index in [9.17, 15) is 0 Å². The van der Waals surface area contributed by atoms with Gasteiger partial charge in [-0.3, -0.25) is 0 Å². The Morgan fingerprint density at radius 2 is 1.70 bits per heavy atom. The highest BCUT2D eigenvalue weighted by Gasteiger charge is 2.41. The molecule has 0 radical (unpaired) electrons. The Balaban J connectivity index is 2.82. The predicted octanol–water partition coefficient (Wildman–Crippen LogP) is 6.24. The molecule has 1 atom stereocenters. The van der Waals surface area contributed by atoms with Gasteiger partial charge < -0.3 is 9.47 Å². The molecule has 0 spiro atoms. The molecule has 0 heterocycles. The first-order chi connectivity index (χ1) is 10.9. The summed E-state index contributed by atoms with van der Waals surface area (Å²) < 4.78 is 10.9. The van der Waals surface area contributed by atoms with Crippen molar-refractivity contribution in [3.05, 3.63) is 0 Å². The Labute approximate surface area is 153 Å². The summed E-state index contributed by atoms with van der Waals surface area (Å²) in [6.45, 7) is 8.64. The SMILES string of the molecule is CCOCC(CCC(Cl)(Cl)CC(C)C)(COC)C1CCCCC1. The van der Waals surface area contributed by atoms with Crippen LogP contribution in [0.1, 0.15) is 72.1 Å². The van der Waals surface area contributed by atoms with Crippen molar-refractivity contribution >= 4 is 23.2 Å². The first-order valence-corrected chi connectivity index (χ1v) is 10.1. The van der Waals surface area contributed by atoms with Gasteiger partial charge in [-0.2, -0.15) is 0 Å². The monoisotopic (exact) mass is 366 g/mol. The molecule has 0 aromatic rings. The summed E-state index contributed by atoms with van der Waals surface area (Å²) in [6, 6.07) is 0. The van der Waals surface area contributed by atoms with Gasteiger partial charge in [-0.05, 0) is 50.9 Å². The molecule has 4 heteroatoms. The number of alkyl halides is 2. The van der Waals surface area contributed by atoms with Gasteiger partial charge >= 0.3 is 0 Å². The zero-order chi connectivity index (χ0) is 17.3. The van der Waals surface area contributed by atoms with Crippen LogP contribution < -0.4 is 0 Å². The minimum absolute atomic E-state index is 0.0528. The zero-order valence-electron chi connectivity index (χ0n) is 15.5. The van der Waals surface area contributed by atoms with E-state index >= 15 is 0 Å². The summed E-state index contributed by atoms with van der Waals surface area (Å²) in [6.07, 6.45) is 9.17. The average Bonchev–Trinajstić information content (AvgIpc) is 2.50. The van der Waals surface area contributed by atoms with Crippen LogP contribution in [0.5, 0.6) is 0 Å². The lowest BCUT2D eigenvalue weighted by atomic mass is 9.67. The second-order valence-corrected chi connectivity index (χ2v) is 9.36. The van der Waals surface area contributed by atoms with Gasteiger partial charge in [0, 0.05) is 19.1 Å². The summed E-state index contributed by atoms with van der Waals surface area (Å²) in [5.74, 6) is 1.16. The van der Waals surface area contributed by atoms with Crippen molar-refractivity contribution in [2.24, 2.45) is 17.3 Å². The van der Waals surface area contributed by atoms with Crippen LogP contribution in [0.4, 0.5) is 0 Å². The molecule has 23 heavy (non-hydrogen) atoms. The van der Waals surface area contributed by atoms with Crippen molar-refractivity contribution in [2.75, 3.05) is 26.9 Å². The summed E-state index contributed by atoms with van der Waals surface area (Å²) >= 11 is 13.2. The molecule has 0 bridgehead atoms. The second-order valence-electron chi connectivity index (χ2n) is 7.72. The third kappa shape index (κ3) is 7.50. The highest BCUT2D eigenvalue weighted by atomic mass is 35.5. The smallest absolute Gasteiger partial charge is 0.118 e. The maximum atomic E-state index is 6.59. The maximum Gasteiger partial charge on any atom is 0.118 e. The fourth-order valence-corrected chi connectivity index (χ4v) is 4.87. The molecule has 0 amide bonds. The number of hydrogen-bond donors (Lipinski definition) is 0. The molecule has 0 aliphatic heterocycles. The minimum atomic E-state index is -0.645. The van der Waals surface area contributed by atoms with Crippen LogP contribution in [0.15, 0.2) is 0 Å². The van der Waals surface area contributed by atoms with Crippen LogP contribution in [0.25, 0.3) is 0 Å². The lowest BCUT2D eigenvalue weighted by Gasteiger charge is -2.43. The molecular formula is C19H36Cl2O2. The fourth-order valence-electron chi connectivity index (χ4n) is 4.06. The molecule has 1 aliphatic rings. The Morgan fingerprint density at radius 3 is 2.22 bits per heavy atom. The highest BCUT2D eigenvalue weighted by molar-refractivity contribution is 6.48. The minimum Gasteiger partial charge on any atom is -0.384 e. The summed E-state index contributed by atoms with van der Waals surface area (Å²) in [4.78, 5) is 0. The first-order valence-electron chi connectivity index (χ1n) is 9.30.